The van der Waals surface area contributed by atoms with E-state index in [4.69, 9.17) is 53.8 Å². The lowest BCUT2D eigenvalue weighted by Gasteiger charge is -2.53. The van der Waals surface area contributed by atoms with Crippen LogP contribution in [0.25, 0.3) is 0 Å². The maximum atomic E-state index is 14.1. The van der Waals surface area contributed by atoms with Crippen LogP contribution in [0.2, 0.25) is 19.6 Å². The smallest absolute Gasteiger partial charge is 0.459 e. The van der Waals surface area contributed by atoms with Crippen LogP contribution in [0.5, 0.6) is 0 Å². The second-order valence-corrected chi connectivity index (χ2v) is 22.8. The second-order valence-electron chi connectivity index (χ2n) is 13.5. The first-order valence-electron chi connectivity index (χ1n) is 16.6. The quantitative estimate of drug-likeness (QED) is 0.0311. The molecule has 0 bridgehead atoms. The fourth-order valence-corrected chi connectivity index (χ4v) is 9.03. The summed E-state index contributed by atoms with van der Waals surface area (Å²) < 4.78 is 18.6. The Bertz CT molecular complexity index is 1660. The molecule has 0 aromatic heterocycles. The van der Waals surface area contributed by atoms with Crippen molar-refractivity contribution in [3.63, 3.8) is 0 Å². The Morgan fingerprint density at radius 3 is 1.79 bits per heavy atom. The van der Waals surface area contributed by atoms with Gasteiger partial charge in [0.1, 0.15) is 33.3 Å². The number of carbonyl (C=O) groups is 4. The molecule has 0 spiro atoms. The SMILES string of the molecule is C=CCOC(=O)C(C)(OC(=O)C(O)N1C(=O)[C@H](C(C)OC(=O)OCC(Cl)(Cl)Cl)[C@H]1SC(c1ccccc1)(c1ccccc1)c1ccccc1)[Si](C)(C)C. The topological polar surface area (TPSA) is 129 Å². The monoisotopic (exact) mass is 821 g/mol. The maximum Gasteiger partial charge on any atom is 0.508 e. The average molecular weight is 823 g/mol. The molecule has 284 valence electrons. The Morgan fingerprint density at radius 2 is 1.38 bits per heavy atom. The fraction of sp³-hybridized carbons (Fsp3) is 0.368. The Kier molecular flexibility index (Phi) is 13.8. The molecule has 1 aliphatic heterocycles. The van der Waals surface area contributed by atoms with Crippen molar-refractivity contribution in [1.29, 1.82) is 0 Å². The highest BCUT2D eigenvalue weighted by Crippen LogP contribution is 2.55. The Hall–Kier alpha value is -3.52. The highest BCUT2D eigenvalue weighted by Gasteiger charge is 2.60. The largest absolute Gasteiger partial charge is 0.508 e. The van der Waals surface area contributed by atoms with Crippen LogP contribution in [-0.4, -0.2) is 82.0 Å². The lowest BCUT2D eigenvalue weighted by molar-refractivity contribution is -0.197. The summed E-state index contributed by atoms with van der Waals surface area (Å²) in [5, 5.41) is 8.94. The molecule has 1 aliphatic rings. The van der Waals surface area contributed by atoms with Crippen molar-refractivity contribution in [2.24, 2.45) is 5.92 Å². The van der Waals surface area contributed by atoms with Crippen LogP contribution in [0.4, 0.5) is 4.79 Å². The summed E-state index contributed by atoms with van der Waals surface area (Å²) in [6.07, 6.45) is -3.12. The summed E-state index contributed by atoms with van der Waals surface area (Å²) in [7, 11) is -2.71. The number of rotatable bonds is 15. The van der Waals surface area contributed by atoms with E-state index >= 15 is 0 Å². The van der Waals surface area contributed by atoms with Crippen LogP contribution in [0.3, 0.4) is 0 Å². The van der Waals surface area contributed by atoms with Gasteiger partial charge in [0.15, 0.2) is 5.22 Å². The Balaban J connectivity index is 1.82. The van der Waals surface area contributed by atoms with Crippen LogP contribution in [0, 0.1) is 5.92 Å². The molecule has 3 unspecified atom stereocenters. The number of ether oxygens (including phenoxy) is 4. The second kappa shape index (κ2) is 17.3. The van der Waals surface area contributed by atoms with Crippen molar-refractivity contribution < 1.29 is 43.2 Å². The lowest BCUT2D eigenvalue weighted by Crippen LogP contribution is -2.69. The molecule has 5 atom stereocenters. The van der Waals surface area contributed by atoms with E-state index in [1.54, 1.807) is 19.6 Å². The molecule has 3 aromatic carbocycles. The van der Waals surface area contributed by atoms with Gasteiger partial charge < -0.3 is 24.1 Å². The minimum Gasteiger partial charge on any atom is -0.459 e. The molecule has 10 nitrogen and oxygen atoms in total. The van der Waals surface area contributed by atoms with Gasteiger partial charge in [0.25, 0.3) is 0 Å². The van der Waals surface area contributed by atoms with Crippen LogP contribution in [0.15, 0.2) is 104 Å². The first-order chi connectivity index (χ1) is 24.9. The number of β-lactam (4-membered cyclic amide) rings is 1. The molecule has 4 rings (SSSR count). The van der Waals surface area contributed by atoms with E-state index in [1.165, 1.54) is 31.7 Å². The average Bonchev–Trinajstić information content (AvgIpc) is 3.11. The molecular formula is C38H42Cl3NO9SSi. The van der Waals surface area contributed by atoms with Crippen molar-refractivity contribution >= 4 is 78.6 Å². The van der Waals surface area contributed by atoms with Crippen molar-refractivity contribution in [2.45, 2.75) is 65.0 Å². The van der Waals surface area contributed by atoms with Gasteiger partial charge in [0.2, 0.25) is 15.9 Å². The van der Waals surface area contributed by atoms with E-state index < -0.39 is 76.1 Å². The summed E-state index contributed by atoms with van der Waals surface area (Å²) in [6.45, 7) is 11.2. The standard InChI is InChI=1S/C38H42Cl3NO9SSi/c1-7-23-48-34(46)36(3,53(4,5)6)51-33(45)31(44)42-30(43)29(25(2)50-35(47)49-24-37(39,40)41)32(42)52-38(26-17-11-8-12-18-26,27-19-13-9-14-20-27)28-21-15-10-16-22-28/h7-22,25,29,31-32,44H,1,23-24H2,2-6H3/t25?,29-,31?,32+,36?/m0/s1. The van der Waals surface area contributed by atoms with E-state index in [0.717, 1.165) is 21.6 Å². The van der Waals surface area contributed by atoms with Crippen molar-refractivity contribution in [3.05, 3.63) is 120 Å². The van der Waals surface area contributed by atoms with E-state index in [9.17, 15) is 24.3 Å². The number of esters is 2. The van der Waals surface area contributed by atoms with Crippen LogP contribution in [-0.2, 0) is 38.1 Å². The predicted octanol–water partition coefficient (Wildman–Crippen LogP) is 7.64. The van der Waals surface area contributed by atoms with Gasteiger partial charge in [-0.15, -0.1) is 11.8 Å². The lowest BCUT2D eigenvalue weighted by atomic mass is 9.84. The number of alkyl halides is 3. The molecule has 1 saturated heterocycles. The van der Waals surface area contributed by atoms with Crippen molar-refractivity contribution in [3.8, 4) is 0 Å². The third-order valence-corrected chi connectivity index (χ3v) is 14.4. The van der Waals surface area contributed by atoms with E-state index in [0.29, 0.717) is 0 Å². The molecular weight excluding hydrogens is 781 g/mol. The summed E-state index contributed by atoms with van der Waals surface area (Å²) in [5.74, 6) is -3.87. The number of hydrogen-bond donors (Lipinski definition) is 1. The number of aliphatic hydroxyl groups is 1. The van der Waals surface area contributed by atoms with Crippen LogP contribution < -0.4 is 0 Å². The first kappa shape index (κ1) is 42.2. The number of thioether (sulfide) groups is 1. The summed E-state index contributed by atoms with van der Waals surface area (Å²) in [5.41, 5.74) is 2.47. The zero-order valence-corrected chi connectivity index (χ0v) is 34.0. The number of aliphatic hydroxyl groups excluding tert-OH is 1. The summed E-state index contributed by atoms with van der Waals surface area (Å²) in [4.78, 5) is 55.0. The third kappa shape index (κ3) is 9.41. The first-order valence-corrected chi connectivity index (χ1v) is 22.1. The molecule has 0 aliphatic carbocycles. The van der Waals surface area contributed by atoms with Crippen LogP contribution >= 0.6 is 46.6 Å². The molecule has 3 aromatic rings. The van der Waals surface area contributed by atoms with Gasteiger partial charge in [0.05, 0.1) is 10.1 Å². The Labute approximate surface area is 329 Å². The van der Waals surface area contributed by atoms with Gasteiger partial charge in [-0.3, -0.25) is 9.69 Å². The van der Waals surface area contributed by atoms with Gasteiger partial charge in [0, 0.05) is 0 Å². The normalized spacial score (nSPS) is 18.4. The summed E-state index contributed by atoms with van der Waals surface area (Å²) in [6, 6.07) is 28.6. The number of nitrogens with zero attached hydrogens (tertiary/aromatic N) is 1. The van der Waals surface area contributed by atoms with Crippen molar-refractivity contribution in [1.82, 2.24) is 4.90 Å². The van der Waals surface area contributed by atoms with Gasteiger partial charge in [-0.25, -0.2) is 14.4 Å². The zero-order chi connectivity index (χ0) is 39.2. The number of amides is 1. The highest BCUT2D eigenvalue weighted by atomic mass is 35.6. The molecule has 1 fully saturated rings. The van der Waals surface area contributed by atoms with E-state index in [2.05, 4.69) is 6.58 Å². The number of hydrogen-bond acceptors (Lipinski definition) is 10. The minimum absolute atomic E-state index is 0.119. The van der Waals surface area contributed by atoms with Gasteiger partial charge in [-0.1, -0.05) is 158 Å². The van der Waals surface area contributed by atoms with Gasteiger partial charge in [-0.2, -0.15) is 0 Å². The molecule has 1 amide bonds. The van der Waals surface area contributed by atoms with Gasteiger partial charge in [-0.05, 0) is 30.5 Å². The molecule has 0 radical (unpaired) electrons. The maximum absolute atomic E-state index is 14.1. The third-order valence-electron chi connectivity index (χ3n) is 9.03. The molecule has 1 N–H and O–H groups in total. The predicted molar refractivity (Wildman–Crippen MR) is 208 cm³/mol. The van der Waals surface area contributed by atoms with Crippen LogP contribution in [0.1, 0.15) is 30.5 Å². The Morgan fingerprint density at radius 1 is 0.906 bits per heavy atom. The molecule has 15 heteroatoms. The van der Waals surface area contributed by atoms with E-state index in [1.807, 2.05) is 91.0 Å². The van der Waals surface area contributed by atoms with E-state index in [-0.39, 0.29) is 6.61 Å². The molecule has 0 saturated carbocycles. The number of likely N-dealkylation sites (tertiary alicyclic amines) is 1. The van der Waals surface area contributed by atoms with Crippen molar-refractivity contribution in [2.75, 3.05) is 13.2 Å². The summed E-state index contributed by atoms with van der Waals surface area (Å²) >= 11 is 18.5. The number of halogens is 3. The fourth-order valence-electron chi connectivity index (χ4n) is 5.78. The highest BCUT2D eigenvalue weighted by molar-refractivity contribution is 8.01. The van der Waals surface area contributed by atoms with Gasteiger partial charge >= 0.3 is 18.1 Å². The molecule has 1 heterocycles. The number of carbonyl (C=O) groups excluding carboxylic acids is 4. The molecule has 53 heavy (non-hydrogen) atoms. The minimum atomic E-state index is -2.71. The zero-order valence-electron chi connectivity index (χ0n) is 29.9. The number of benzene rings is 3.